The fourth-order valence-corrected chi connectivity index (χ4v) is 3.75. The van der Waals surface area contributed by atoms with Gasteiger partial charge in [-0.05, 0) is 78.2 Å². The molecule has 0 saturated carbocycles. The molecule has 0 bridgehead atoms. The second-order valence-corrected chi connectivity index (χ2v) is 8.00. The van der Waals surface area contributed by atoms with Crippen LogP contribution in [0.4, 0.5) is 17.6 Å². The van der Waals surface area contributed by atoms with Crippen LogP contribution in [0.3, 0.4) is 0 Å². The number of benzene rings is 3. The van der Waals surface area contributed by atoms with E-state index in [2.05, 4.69) is 10.3 Å². The molecule has 0 aliphatic rings. The molecule has 4 rings (SSSR count). The lowest BCUT2D eigenvalue weighted by atomic mass is 10.0. The summed E-state index contributed by atoms with van der Waals surface area (Å²) in [4.78, 5) is 4.25. The van der Waals surface area contributed by atoms with E-state index in [-0.39, 0.29) is 18.2 Å². The number of pyridine rings is 1. The second-order valence-electron chi connectivity index (χ2n) is 8.00. The van der Waals surface area contributed by atoms with Crippen molar-refractivity contribution in [2.45, 2.75) is 12.6 Å². The van der Waals surface area contributed by atoms with E-state index in [9.17, 15) is 17.6 Å². The molecular weight excluding hydrogens is 460 g/mol. The van der Waals surface area contributed by atoms with E-state index < -0.39 is 11.7 Å². The first kappa shape index (κ1) is 24.5. The van der Waals surface area contributed by atoms with Crippen molar-refractivity contribution in [3.05, 3.63) is 89.9 Å². The number of ether oxygens (including phenoxy) is 2. The molecule has 35 heavy (non-hydrogen) atoms. The van der Waals surface area contributed by atoms with Gasteiger partial charge in [-0.1, -0.05) is 12.1 Å². The molecule has 0 aliphatic carbocycles. The Bertz CT molecular complexity index is 1310. The fraction of sp³-hybridized carbons (Fsp3) is 0.222. The average Bonchev–Trinajstić information content (AvgIpc) is 2.84. The van der Waals surface area contributed by atoms with Crippen molar-refractivity contribution < 1.29 is 27.0 Å². The van der Waals surface area contributed by atoms with Crippen LogP contribution in [0.1, 0.15) is 11.1 Å². The van der Waals surface area contributed by atoms with Crippen molar-refractivity contribution in [3.8, 4) is 22.6 Å². The van der Waals surface area contributed by atoms with Crippen LogP contribution in [-0.2, 0) is 12.6 Å². The van der Waals surface area contributed by atoms with E-state index in [1.54, 1.807) is 36.5 Å². The number of alkyl halides is 3. The zero-order valence-corrected chi connectivity index (χ0v) is 19.0. The van der Waals surface area contributed by atoms with Crippen molar-refractivity contribution in [1.29, 1.82) is 0 Å². The Balaban J connectivity index is 1.40. The van der Waals surface area contributed by atoms with Crippen LogP contribution in [0.2, 0.25) is 0 Å². The lowest BCUT2D eigenvalue weighted by molar-refractivity contribution is -0.137. The van der Waals surface area contributed by atoms with Crippen LogP contribution < -0.4 is 14.8 Å². The van der Waals surface area contributed by atoms with Crippen LogP contribution in [0.5, 0.6) is 11.5 Å². The SMILES string of the molecule is COc1cc(F)cc(CCNCCOc2cc(-c3ccc4ncccc4c3)cc(C(F)(F)F)c2)c1. The van der Waals surface area contributed by atoms with Crippen LogP contribution in [-0.4, -0.2) is 31.8 Å². The summed E-state index contributed by atoms with van der Waals surface area (Å²) in [6.07, 6.45) is -2.27. The maximum Gasteiger partial charge on any atom is 0.416 e. The van der Waals surface area contributed by atoms with E-state index in [0.717, 1.165) is 28.6 Å². The first-order valence-electron chi connectivity index (χ1n) is 11.1. The van der Waals surface area contributed by atoms with E-state index in [0.29, 0.717) is 36.4 Å². The number of rotatable bonds is 9. The minimum absolute atomic E-state index is 0.137. The van der Waals surface area contributed by atoms with Gasteiger partial charge in [-0.2, -0.15) is 13.2 Å². The molecule has 0 atom stereocenters. The normalized spacial score (nSPS) is 11.6. The monoisotopic (exact) mass is 484 g/mol. The number of hydrogen-bond donors (Lipinski definition) is 1. The lowest BCUT2D eigenvalue weighted by Crippen LogP contribution is -2.23. The summed E-state index contributed by atoms with van der Waals surface area (Å²) in [5.74, 6) is 0.217. The third kappa shape index (κ3) is 6.48. The Labute approximate surface area is 200 Å². The van der Waals surface area contributed by atoms with Crippen LogP contribution in [0.25, 0.3) is 22.0 Å². The zero-order chi connectivity index (χ0) is 24.8. The highest BCUT2D eigenvalue weighted by Crippen LogP contribution is 2.36. The quantitative estimate of drug-likeness (QED) is 0.224. The zero-order valence-electron chi connectivity index (χ0n) is 19.0. The topological polar surface area (TPSA) is 43.4 Å². The molecule has 0 aliphatic heterocycles. The van der Waals surface area contributed by atoms with Gasteiger partial charge in [0.05, 0.1) is 18.2 Å². The number of halogens is 4. The summed E-state index contributed by atoms with van der Waals surface area (Å²) < 4.78 is 64.9. The van der Waals surface area contributed by atoms with Gasteiger partial charge in [0.15, 0.2) is 0 Å². The van der Waals surface area contributed by atoms with Gasteiger partial charge in [0.1, 0.15) is 23.9 Å². The van der Waals surface area contributed by atoms with Gasteiger partial charge in [-0.3, -0.25) is 4.98 Å². The van der Waals surface area contributed by atoms with Gasteiger partial charge in [0.25, 0.3) is 0 Å². The molecule has 1 heterocycles. The van der Waals surface area contributed by atoms with Crippen molar-refractivity contribution >= 4 is 10.9 Å². The van der Waals surface area contributed by atoms with E-state index in [1.165, 1.54) is 19.2 Å². The number of hydrogen-bond acceptors (Lipinski definition) is 4. The molecule has 4 aromatic rings. The molecule has 0 spiro atoms. The second kappa shape index (κ2) is 10.7. The Kier molecular flexibility index (Phi) is 7.51. The molecular formula is C27H24F4N2O2. The highest BCUT2D eigenvalue weighted by Gasteiger charge is 2.31. The lowest BCUT2D eigenvalue weighted by Gasteiger charge is -2.14. The summed E-state index contributed by atoms with van der Waals surface area (Å²) in [5, 5.41) is 3.99. The first-order valence-corrected chi connectivity index (χ1v) is 11.1. The molecule has 0 radical (unpaired) electrons. The number of aromatic nitrogens is 1. The summed E-state index contributed by atoms with van der Waals surface area (Å²) >= 11 is 0. The Hall–Kier alpha value is -3.65. The molecule has 1 aromatic heterocycles. The molecule has 0 amide bonds. The molecule has 182 valence electrons. The van der Waals surface area contributed by atoms with Crippen LogP contribution in [0.15, 0.2) is 72.9 Å². The number of nitrogens with one attached hydrogen (secondary N) is 1. The van der Waals surface area contributed by atoms with Gasteiger partial charge < -0.3 is 14.8 Å². The minimum Gasteiger partial charge on any atom is -0.497 e. The predicted octanol–water partition coefficient (Wildman–Crippen LogP) is 6.28. The molecule has 1 N–H and O–H groups in total. The van der Waals surface area contributed by atoms with Crippen molar-refractivity contribution in [3.63, 3.8) is 0 Å². The number of nitrogens with zero attached hydrogens (tertiary/aromatic N) is 1. The molecule has 0 unspecified atom stereocenters. The van der Waals surface area contributed by atoms with E-state index in [4.69, 9.17) is 9.47 Å². The minimum atomic E-state index is -4.50. The molecule has 8 heteroatoms. The van der Waals surface area contributed by atoms with Gasteiger partial charge in [-0.15, -0.1) is 0 Å². The first-order chi connectivity index (χ1) is 16.8. The van der Waals surface area contributed by atoms with Gasteiger partial charge in [0.2, 0.25) is 0 Å². The third-order valence-electron chi connectivity index (χ3n) is 5.47. The molecule has 3 aromatic carbocycles. The Morgan fingerprint density at radius 2 is 1.74 bits per heavy atom. The predicted molar refractivity (Wildman–Crippen MR) is 127 cm³/mol. The average molecular weight is 484 g/mol. The van der Waals surface area contributed by atoms with Crippen LogP contribution >= 0.6 is 0 Å². The molecule has 0 saturated heterocycles. The van der Waals surface area contributed by atoms with E-state index in [1.807, 2.05) is 12.1 Å². The largest absolute Gasteiger partial charge is 0.497 e. The molecule has 4 nitrogen and oxygen atoms in total. The highest BCUT2D eigenvalue weighted by molar-refractivity contribution is 5.84. The Morgan fingerprint density at radius 1 is 0.886 bits per heavy atom. The Morgan fingerprint density at radius 3 is 2.54 bits per heavy atom. The maximum absolute atomic E-state index is 13.6. The van der Waals surface area contributed by atoms with Gasteiger partial charge in [0, 0.05) is 24.2 Å². The van der Waals surface area contributed by atoms with Crippen molar-refractivity contribution in [1.82, 2.24) is 10.3 Å². The number of fused-ring (bicyclic) bond motifs is 1. The van der Waals surface area contributed by atoms with Gasteiger partial charge >= 0.3 is 6.18 Å². The summed E-state index contributed by atoms with van der Waals surface area (Å²) in [5.41, 5.74) is 1.83. The maximum atomic E-state index is 13.6. The van der Waals surface area contributed by atoms with Crippen LogP contribution in [0, 0.1) is 5.82 Å². The standard InChI is InChI=1S/C27H24F4N2O2/c1-34-24-12-18(11-23(28)17-24)6-8-32-9-10-35-25-15-21(14-22(16-25)27(29,30)31)19-4-5-26-20(13-19)3-2-7-33-26/h2-5,7,11-17,32H,6,8-10H2,1H3. The summed E-state index contributed by atoms with van der Waals surface area (Å²) in [6.45, 7) is 1.14. The summed E-state index contributed by atoms with van der Waals surface area (Å²) in [7, 11) is 1.48. The third-order valence-corrected chi connectivity index (χ3v) is 5.47. The molecule has 0 fully saturated rings. The fourth-order valence-electron chi connectivity index (χ4n) is 3.75. The van der Waals surface area contributed by atoms with Crippen molar-refractivity contribution in [2.24, 2.45) is 0 Å². The van der Waals surface area contributed by atoms with Gasteiger partial charge in [-0.25, -0.2) is 4.39 Å². The summed E-state index contributed by atoms with van der Waals surface area (Å²) in [6, 6.07) is 17.2. The van der Waals surface area contributed by atoms with E-state index >= 15 is 0 Å². The highest BCUT2D eigenvalue weighted by atomic mass is 19.4. The number of methoxy groups -OCH3 is 1. The smallest absolute Gasteiger partial charge is 0.416 e. The van der Waals surface area contributed by atoms with Crippen molar-refractivity contribution in [2.75, 3.05) is 26.8 Å².